The van der Waals surface area contributed by atoms with Gasteiger partial charge in [0, 0.05) is 15.8 Å². The molecule has 0 saturated heterocycles. The quantitative estimate of drug-likeness (QED) is 0.408. The van der Waals surface area contributed by atoms with E-state index in [4.69, 9.17) is 0 Å². The van der Waals surface area contributed by atoms with Gasteiger partial charge in [-0.25, -0.2) is 0 Å². The fourth-order valence-corrected chi connectivity index (χ4v) is 3.39. The zero-order valence-corrected chi connectivity index (χ0v) is 12.7. The van der Waals surface area contributed by atoms with Crippen molar-refractivity contribution in [1.29, 1.82) is 0 Å². The molecule has 0 fully saturated rings. The van der Waals surface area contributed by atoms with Crippen molar-refractivity contribution in [3.05, 3.63) is 21.4 Å². The molecule has 0 N–H and O–H groups in total. The Morgan fingerprint density at radius 3 is 2.33 bits per heavy atom. The number of thiophene rings is 1. The second kappa shape index (κ2) is 9.32. The van der Waals surface area contributed by atoms with E-state index in [9.17, 15) is 4.79 Å². The van der Waals surface area contributed by atoms with E-state index in [1.807, 2.05) is 5.38 Å². The molecule has 18 heavy (non-hydrogen) atoms. The minimum Gasteiger partial charge on any atom is -0.298 e. The van der Waals surface area contributed by atoms with Gasteiger partial charge in [0.05, 0.1) is 0 Å². The SMILES string of the molecule is CCCCCCc1scc(C=O)c1CCCCC. The number of hydrogen-bond acceptors (Lipinski definition) is 2. The van der Waals surface area contributed by atoms with Crippen LogP contribution in [-0.4, -0.2) is 6.29 Å². The second-order valence-electron chi connectivity index (χ2n) is 4.98. The molecule has 2 heteroatoms. The standard InChI is InChI=1S/C16H26OS/c1-3-5-7-9-11-16-15(10-8-6-4-2)14(12-17)13-18-16/h12-13H,3-11H2,1-2H3. The zero-order chi connectivity index (χ0) is 13.2. The topological polar surface area (TPSA) is 17.1 Å². The van der Waals surface area contributed by atoms with Gasteiger partial charge >= 0.3 is 0 Å². The van der Waals surface area contributed by atoms with Gasteiger partial charge in [-0.3, -0.25) is 4.79 Å². The van der Waals surface area contributed by atoms with Crippen molar-refractivity contribution in [2.45, 2.75) is 71.6 Å². The van der Waals surface area contributed by atoms with E-state index >= 15 is 0 Å². The molecular formula is C16H26OS. The van der Waals surface area contributed by atoms with Crippen LogP contribution in [0, 0.1) is 0 Å². The lowest BCUT2D eigenvalue weighted by Gasteiger charge is -2.05. The lowest BCUT2D eigenvalue weighted by Crippen LogP contribution is -1.94. The van der Waals surface area contributed by atoms with Gasteiger partial charge in [-0.1, -0.05) is 46.0 Å². The van der Waals surface area contributed by atoms with E-state index in [0.29, 0.717) is 0 Å². The Bertz CT molecular complexity index is 341. The molecule has 1 rings (SSSR count). The van der Waals surface area contributed by atoms with E-state index in [-0.39, 0.29) is 0 Å². The summed E-state index contributed by atoms with van der Waals surface area (Å²) in [5.74, 6) is 0. The van der Waals surface area contributed by atoms with E-state index in [1.165, 1.54) is 61.8 Å². The number of rotatable bonds is 10. The summed E-state index contributed by atoms with van der Waals surface area (Å²) >= 11 is 1.79. The molecule has 0 unspecified atom stereocenters. The Morgan fingerprint density at radius 1 is 1.00 bits per heavy atom. The van der Waals surface area contributed by atoms with Crippen LogP contribution in [-0.2, 0) is 12.8 Å². The molecule has 0 atom stereocenters. The number of carbonyl (C=O) groups is 1. The molecule has 0 saturated carbocycles. The number of hydrogen-bond donors (Lipinski definition) is 0. The van der Waals surface area contributed by atoms with E-state index in [1.54, 1.807) is 11.3 Å². The third kappa shape index (κ3) is 4.93. The molecule has 0 bridgehead atoms. The molecule has 1 nitrogen and oxygen atoms in total. The zero-order valence-electron chi connectivity index (χ0n) is 11.8. The van der Waals surface area contributed by atoms with Crippen molar-refractivity contribution in [2.24, 2.45) is 0 Å². The van der Waals surface area contributed by atoms with Gasteiger partial charge in [-0.15, -0.1) is 11.3 Å². The van der Waals surface area contributed by atoms with Crippen molar-refractivity contribution in [3.8, 4) is 0 Å². The van der Waals surface area contributed by atoms with Crippen molar-refractivity contribution in [1.82, 2.24) is 0 Å². The van der Waals surface area contributed by atoms with Gasteiger partial charge in [0.2, 0.25) is 0 Å². The Balaban J connectivity index is 2.54. The Morgan fingerprint density at radius 2 is 1.67 bits per heavy atom. The molecule has 0 aliphatic heterocycles. The third-order valence-electron chi connectivity index (χ3n) is 3.43. The minimum atomic E-state index is 0.946. The highest BCUT2D eigenvalue weighted by atomic mass is 32.1. The highest BCUT2D eigenvalue weighted by Gasteiger charge is 2.10. The first-order chi connectivity index (χ1) is 8.83. The van der Waals surface area contributed by atoms with Crippen LogP contribution in [0.1, 0.15) is 79.6 Å². The average molecular weight is 266 g/mol. The van der Waals surface area contributed by atoms with Crippen LogP contribution in [0.15, 0.2) is 5.38 Å². The maximum atomic E-state index is 11.1. The number of carbonyl (C=O) groups excluding carboxylic acids is 1. The van der Waals surface area contributed by atoms with E-state index in [2.05, 4.69) is 13.8 Å². The van der Waals surface area contributed by atoms with Crippen LogP contribution in [0.2, 0.25) is 0 Å². The largest absolute Gasteiger partial charge is 0.298 e. The first-order valence-corrected chi connectivity index (χ1v) is 8.25. The van der Waals surface area contributed by atoms with Crippen molar-refractivity contribution in [2.75, 3.05) is 0 Å². The van der Waals surface area contributed by atoms with E-state index < -0.39 is 0 Å². The number of aldehydes is 1. The fourth-order valence-electron chi connectivity index (χ4n) is 2.29. The molecule has 102 valence electrons. The molecule has 1 heterocycles. The van der Waals surface area contributed by atoms with Gasteiger partial charge in [-0.05, 0) is 31.2 Å². The van der Waals surface area contributed by atoms with Gasteiger partial charge in [0.25, 0.3) is 0 Å². The molecule has 0 aliphatic carbocycles. The average Bonchev–Trinajstić information content (AvgIpc) is 2.77. The van der Waals surface area contributed by atoms with Crippen LogP contribution in [0.5, 0.6) is 0 Å². The summed E-state index contributed by atoms with van der Waals surface area (Å²) in [6, 6.07) is 0. The summed E-state index contributed by atoms with van der Waals surface area (Å²) in [7, 11) is 0. The maximum Gasteiger partial charge on any atom is 0.151 e. The second-order valence-corrected chi connectivity index (χ2v) is 5.94. The Labute approximate surface area is 116 Å². The Hall–Kier alpha value is -0.630. The minimum absolute atomic E-state index is 0.946. The summed E-state index contributed by atoms with van der Waals surface area (Å²) in [5.41, 5.74) is 2.29. The molecule has 0 spiro atoms. The summed E-state index contributed by atoms with van der Waals surface area (Å²) in [6.07, 6.45) is 12.2. The first kappa shape index (κ1) is 15.4. The van der Waals surface area contributed by atoms with E-state index in [0.717, 1.165) is 18.3 Å². The molecule has 1 aromatic rings. The molecule has 0 amide bonds. The molecule has 0 aromatic carbocycles. The fraction of sp³-hybridized carbons (Fsp3) is 0.688. The molecule has 1 aromatic heterocycles. The smallest absolute Gasteiger partial charge is 0.151 e. The number of aryl methyl sites for hydroxylation is 1. The molecule has 0 radical (unpaired) electrons. The summed E-state index contributed by atoms with van der Waals surface area (Å²) < 4.78 is 0. The summed E-state index contributed by atoms with van der Waals surface area (Å²) in [5, 5.41) is 2.05. The van der Waals surface area contributed by atoms with Crippen LogP contribution >= 0.6 is 11.3 Å². The Kier molecular flexibility index (Phi) is 7.99. The van der Waals surface area contributed by atoms with Crippen molar-refractivity contribution < 1.29 is 4.79 Å². The van der Waals surface area contributed by atoms with Gasteiger partial charge in [0.15, 0.2) is 6.29 Å². The summed E-state index contributed by atoms with van der Waals surface area (Å²) in [6.45, 7) is 4.46. The first-order valence-electron chi connectivity index (χ1n) is 7.37. The highest BCUT2D eigenvalue weighted by Crippen LogP contribution is 2.25. The van der Waals surface area contributed by atoms with Crippen LogP contribution in [0.3, 0.4) is 0 Å². The highest BCUT2D eigenvalue weighted by molar-refractivity contribution is 7.10. The number of unbranched alkanes of at least 4 members (excludes halogenated alkanes) is 5. The maximum absolute atomic E-state index is 11.1. The predicted molar refractivity (Wildman–Crippen MR) is 80.8 cm³/mol. The monoisotopic (exact) mass is 266 g/mol. The van der Waals surface area contributed by atoms with Crippen molar-refractivity contribution in [3.63, 3.8) is 0 Å². The van der Waals surface area contributed by atoms with Gasteiger partial charge in [0.1, 0.15) is 0 Å². The van der Waals surface area contributed by atoms with Crippen LogP contribution in [0.25, 0.3) is 0 Å². The van der Waals surface area contributed by atoms with Gasteiger partial charge < -0.3 is 0 Å². The normalized spacial score (nSPS) is 10.8. The summed E-state index contributed by atoms with van der Waals surface area (Å²) in [4.78, 5) is 12.5. The predicted octanol–water partition coefficient (Wildman–Crippen LogP) is 5.42. The molecular weight excluding hydrogens is 240 g/mol. The van der Waals surface area contributed by atoms with Crippen LogP contribution in [0.4, 0.5) is 0 Å². The lowest BCUT2D eigenvalue weighted by molar-refractivity contribution is 0.112. The molecule has 0 aliphatic rings. The van der Waals surface area contributed by atoms with Crippen molar-refractivity contribution >= 4 is 17.6 Å². The lowest BCUT2D eigenvalue weighted by atomic mass is 10.0. The third-order valence-corrected chi connectivity index (χ3v) is 4.53. The van der Waals surface area contributed by atoms with Gasteiger partial charge in [-0.2, -0.15) is 0 Å². The van der Waals surface area contributed by atoms with Crippen LogP contribution < -0.4 is 0 Å².